The van der Waals surface area contributed by atoms with Crippen molar-refractivity contribution in [1.29, 1.82) is 5.26 Å². The first kappa shape index (κ1) is 14.0. The molecule has 20 heavy (non-hydrogen) atoms. The molecule has 0 aromatic carbocycles. The van der Waals surface area contributed by atoms with Crippen LogP contribution in [0.3, 0.4) is 0 Å². The highest BCUT2D eigenvalue weighted by Gasteiger charge is 2.14. The smallest absolute Gasteiger partial charge is 0.103 e. The topological polar surface area (TPSA) is 52.8 Å². The predicted molar refractivity (Wildman–Crippen MR) is 79.4 cm³/mol. The van der Waals surface area contributed by atoms with Gasteiger partial charge in [0, 0.05) is 18.4 Å². The van der Waals surface area contributed by atoms with E-state index < -0.39 is 0 Å². The van der Waals surface area contributed by atoms with Crippen LogP contribution in [0.25, 0.3) is 0 Å². The maximum absolute atomic E-state index is 9.37. The summed E-state index contributed by atoms with van der Waals surface area (Å²) in [5.74, 6) is 0. The van der Waals surface area contributed by atoms with E-state index in [-0.39, 0.29) is 0 Å². The van der Waals surface area contributed by atoms with Crippen molar-refractivity contribution in [2.24, 2.45) is 0 Å². The fraction of sp³-hybridized carbons (Fsp3) is 0.312. The molecule has 0 amide bonds. The summed E-state index contributed by atoms with van der Waals surface area (Å²) in [5.41, 5.74) is 4.28. The largest absolute Gasteiger partial charge is 0.365 e. The average Bonchev–Trinajstić information content (AvgIpc) is 2.45. The lowest BCUT2D eigenvalue weighted by Crippen LogP contribution is -2.24. The summed E-state index contributed by atoms with van der Waals surface area (Å²) in [7, 11) is 0. The Morgan fingerprint density at radius 3 is 2.70 bits per heavy atom. The molecule has 2 aromatic heterocycles. The van der Waals surface area contributed by atoms with Crippen LogP contribution in [0.15, 0.2) is 30.5 Å². The summed E-state index contributed by atoms with van der Waals surface area (Å²) in [4.78, 5) is 10.9. The highest BCUT2D eigenvalue weighted by Crippen LogP contribution is 2.24. The molecule has 0 spiro atoms. The van der Waals surface area contributed by atoms with E-state index in [1.54, 1.807) is 6.20 Å². The van der Waals surface area contributed by atoms with Crippen LogP contribution in [-0.4, -0.2) is 16.5 Å². The normalized spacial score (nSPS) is 10.1. The third-order valence-electron chi connectivity index (χ3n) is 3.22. The lowest BCUT2D eigenvalue weighted by molar-refractivity contribution is 0.804. The van der Waals surface area contributed by atoms with Gasteiger partial charge in [0.2, 0.25) is 0 Å². The van der Waals surface area contributed by atoms with Crippen molar-refractivity contribution >= 4 is 5.69 Å². The van der Waals surface area contributed by atoms with Gasteiger partial charge < -0.3 is 4.90 Å². The minimum absolute atomic E-state index is 0.647. The zero-order valence-electron chi connectivity index (χ0n) is 12.1. The predicted octanol–water partition coefficient (Wildman–Crippen LogP) is 2.99. The van der Waals surface area contributed by atoms with E-state index >= 15 is 0 Å². The first-order chi connectivity index (χ1) is 9.65. The first-order valence-corrected chi connectivity index (χ1v) is 6.69. The molecular formula is C16H18N4. The number of hydrogen-bond donors (Lipinski definition) is 0. The summed E-state index contributed by atoms with van der Waals surface area (Å²) >= 11 is 0. The molecule has 0 saturated carbocycles. The average molecular weight is 266 g/mol. The van der Waals surface area contributed by atoms with Gasteiger partial charge in [-0.2, -0.15) is 5.26 Å². The molecule has 0 aliphatic carbocycles. The Bertz CT molecular complexity index is 629. The highest BCUT2D eigenvalue weighted by molar-refractivity contribution is 5.61. The number of rotatable bonds is 4. The van der Waals surface area contributed by atoms with Crippen molar-refractivity contribution in [2.75, 3.05) is 11.4 Å². The minimum atomic E-state index is 0.647. The Labute approximate surface area is 119 Å². The van der Waals surface area contributed by atoms with Crippen molar-refractivity contribution in [3.63, 3.8) is 0 Å². The molecule has 0 unspecified atom stereocenters. The van der Waals surface area contributed by atoms with E-state index in [9.17, 15) is 5.26 Å². The van der Waals surface area contributed by atoms with Crippen molar-refractivity contribution < 1.29 is 0 Å². The number of aryl methyl sites for hydroxylation is 2. The maximum atomic E-state index is 9.37. The van der Waals surface area contributed by atoms with Gasteiger partial charge in [0.25, 0.3) is 0 Å². The highest BCUT2D eigenvalue weighted by atomic mass is 15.1. The molecule has 2 aromatic rings. The Balaban J connectivity index is 2.40. The Morgan fingerprint density at radius 1 is 1.30 bits per heavy atom. The van der Waals surface area contributed by atoms with E-state index in [2.05, 4.69) is 27.9 Å². The third kappa shape index (κ3) is 2.94. The molecule has 4 heteroatoms. The SMILES string of the molecule is CCN(Cc1ccccn1)c1cc(C)nc(C)c1C#N. The van der Waals surface area contributed by atoms with Crippen molar-refractivity contribution in [3.8, 4) is 6.07 Å². The van der Waals surface area contributed by atoms with Crippen LogP contribution >= 0.6 is 0 Å². The van der Waals surface area contributed by atoms with Gasteiger partial charge in [0.1, 0.15) is 6.07 Å². The van der Waals surface area contributed by atoms with E-state index in [1.165, 1.54) is 0 Å². The van der Waals surface area contributed by atoms with Crippen LogP contribution in [0.4, 0.5) is 5.69 Å². The molecule has 0 aliphatic heterocycles. The molecule has 4 nitrogen and oxygen atoms in total. The van der Waals surface area contributed by atoms with Crippen LogP contribution in [0.1, 0.15) is 29.6 Å². The van der Waals surface area contributed by atoms with Crippen LogP contribution in [-0.2, 0) is 6.54 Å². The van der Waals surface area contributed by atoms with Crippen molar-refractivity contribution in [1.82, 2.24) is 9.97 Å². The zero-order chi connectivity index (χ0) is 14.5. The second-order valence-electron chi connectivity index (χ2n) is 4.69. The maximum Gasteiger partial charge on any atom is 0.103 e. The fourth-order valence-electron chi connectivity index (χ4n) is 2.25. The molecule has 0 bridgehead atoms. The van der Waals surface area contributed by atoms with E-state index in [4.69, 9.17) is 0 Å². The van der Waals surface area contributed by atoms with Crippen molar-refractivity contribution in [2.45, 2.75) is 27.3 Å². The second kappa shape index (κ2) is 6.16. The van der Waals surface area contributed by atoms with E-state index in [1.807, 2.05) is 38.1 Å². The molecule has 0 radical (unpaired) electrons. The van der Waals surface area contributed by atoms with Crippen molar-refractivity contribution in [3.05, 3.63) is 53.1 Å². The fourth-order valence-corrected chi connectivity index (χ4v) is 2.25. The molecule has 0 N–H and O–H groups in total. The quantitative estimate of drug-likeness (QED) is 0.853. The van der Waals surface area contributed by atoms with Gasteiger partial charge in [-0.1, -0.05) is 6.07 Å². The number of nitrogens with zero attached hydrogens (tertiary/aromatic N) is 4. The molecule has 0 fully saturated rings. The Morgan fingerprint density at radius 2 is 2.10 bits per heavy atom. The number of pyridine rings is 2. The van der Waals surface area contributed by atoms with Gasteiger partial charge in [-0.15, -0.1) is 0 Å². The number of nitriles is 1. The molecular weight excluding hydrogens is 248 g/mol. The lowest BCUT2D eigenvalue weighted by Gasteiger charge is -2.24. The van der Waals surface area contributed by atoms with Crippen LogP contribution < -0.4 is 4.90 Å². The Kier molecular flexibility index (Phi) is 4.31. The molecule has 0 atom stereocenters. The van der Waals surface area contributed by atoms with Gasteiger partial charge in [-0.05, 0) is 39.0 Å². The van der Waals surface area contributed by atoms with Crippen LogP contribution in [0.5, 0.6) is 0 Å². The lowest BCUT2D eigenvalue weighted by atomic mass is 10.1. The monoisotopic (exact) mass is 266 g/mol. The zero-order valence-corrected chi connectivity index (χ0v) is 12.1. The summed E-state index contributed by atoms with van der Waals surface area (Å²) in [5, 5.41) is 9.37. The van der Waals surface area contributed by atoms with Gasteiger partial charge in [0.15, 0.2) is 0 Å². The molecule has 2 heterocycles. The molecule has 102 valence electrons. The third-order valence-corrected chi connectivity index (χ3v) is 3.22. The molecule has 0 aliphatic rings. The molecule has 2 rings (SSSR count). The number of hydrogen-bond acceptors (Lipinski definition) is 4. The Hall–Kier alpha value is -2.41. The van der Waals surface area contributed by atoms with Crippen LogP contribution in [0.2, 0.25) is 0 Å². The summed E-state index contributed by atoms with van der Waals surface area (Å²) in [6, 6.07) is 10.1. The van der Waals surface area contributed by atoms with Gasteiger partial charge in [-0.3, -0.25) is 9.97 Å². The van der Waals surface area contributed by atoms with Gasteiger partial charge >= 0.3 is 0 Å². The van der Waals surface area contributed by atoms with Gasteiger partial charge in [-0.25, -0.2) is 0 Å². The second-order valence-corrected chi connectivity index (χ2v) is 4.69. The standard InChI is InChI=1S/C16H18N4/c1-4-20(11-14-7-5-6-8-18-14)16-9-12(2)19-13(3)15(16)10-17/h5-9H,4,11H2,1-3H3. The molecule has 0 saturated heterocycles. The van der Waals surface area contributed by atoms with Gasteiger partial charge in [0.05, 0.1) is 29.2 Å². The van der Waals surface area contributed by atoms with E-state index in [0.29, 0.717) is 12.1 Å². The number of aromatic nitrogens is 2. The summed E-state index contributed by atoms with van der Waals surface area (Å²) < 4.78 is 0. The minimum Gasteiger partial charge on any atom is -0.365 e. The summed E-state index contributed by atoms with van der Waals surface area (Å²) in [6.45, 7) is 7.41. The summed E-state index contributed by atoms with van der Waals surface area (Å²) in [6.07, 6.45) is 1.79. The number of anilines is 1. The first-order valence-electron chi connectivity index (χ1n) is 6.69. The van der Waals surface area contributed by atoms with Crippen LogP contribution in [0, 0.1) is 25.2 Å². The van der Waals surface area contributed by atoms with E-state index in [0.717, 1.165) is 29.3 Å².